The number of carbonyl (C=O) groups is 1. The van der Waals surface area contributed by atoms with E-state index in [-0.39, 0.29) is 5.91 Å². The van der Waals surface area contributed by atoms with Crippen LogP contribution in [-0.2, 0) is 34.3 Å². The van der Waals surface area contributed by atoms with Crippen molar-refractivity contribution < 1.29 is 17.9 Å². The second-order valence-corrected chi connectivity index (χ2v) is 10.1. The van der Waals surface area contributed by atoms with Crippen molar-refractivity contribution in [3.05, 3.63) is 64.7 Å². The van der Waals surface area contributed by atoms with Gasteiger partial charge in [0.05, 0.1) is 25.2 Å². The minimum absolute atomic E-state index is 0.156. The van der Waals surface area contributed by atoms with Crippen molar-refractivity contribution in [1.29, 1.82) is 0 Å². The van der Waals surface area contributed by atoms with Crippen LogP contribution >= 0.6 is 0 Å². The number of nitrogens with zero attached hydrogens (tertiary/aromatic N) is 2. The van der Waals surface area contributed by atoms with Gasteiger partial charge in [-0.05, 0) is 47.7 Å². The van der Waals surface area contributed by atoms with Crippen LogP contribution < -0.4 is 9.62 Å². The average Bonchev–Trinajstić information content (AvgIpc) is 2.77. The van der Waals surface area contributed by atoms with Crippen LogP contribution in [0.5, 0.6) is 0 Å². The summed E-state index contributed by atoms with van der Waals surface area (Å²) in [7, 11) is -3.31. The molecule has 1 amide bonds. The summed E-state index contributed by atoms with van der Waals surface area (Å²) in [5.74, 6) is -0.156. The van der Waals surface area contributed by atoms with Crippen LogP contribution in [0.4, 0.5) is 5.69 Å². The molecular formula is C23H29N3O4S. The van der Waals surface area contributed by atoms with Gasteiger partial charge in [-0.1, -0.05) is 24.3 Å². The molecule has 0 saturated carbocycles. The number of morpholine rings is 1. The number of aryl methyl sites for hydroxylation is 1. The summed E-state index contributed by atoms with van der Waals surface area (Å²) in [5, 5.41) is 2.97. The maximum absolute atomic E-state index is 12.7. The third-order valence-corrected chi connectivity index (χ3v) is 6.98. The molecule has 2 aromatic carbocycles. The molecule has 8 heteroatoms. The van der Waals surface area contributed by atoms with Gasteiger partial charge in [0.25, 0.3) is 5.91 Å². The fourth-order valence-electron chi connectivity index (χ4n) is 4.11. The molecule has 2 heterocycles. The van der Waals surface area contributed by atoms with Crippen LogP contribution in [0.15, 0.2) is 42.5 Å². The highest BCUT2D eigenvalue weighted by Gasteiger charge is 2.24. The summed E-state index contributed by atoms with van der Waals surface area (Å²) in [6, 6.07) is 13.6. The molecule has 1 N–H and O–H groups in total. The molecule has 31 heavy (non-hydrogen) atoms. The SMILES string of the molecule is CS(=O)(=O)N1CCCc2cc(C(=O)NCc3ccc(CN4CCOCC4)cc3)ccc21. The van der Waals surface area contributed by atoms with Gasteiger partial charge in [0, 0.05) is 38.3 Å². The molecule has 1 saturated heterocycles. The normalized spacial score (nSPS) is 17.3. The summed E-state index contributed by atoms with van der Waals surface area (Å²) in [6.07, 6.45) is 2.74. The van der Waals surface area contributed by atoms with Crippen molar-refractivity contribution in [2.75, 3.05) is 43.4 Å². The largest absolute Gasteiger partial charge is 0.379 e. The average molecular weight is 444 g/mol. The van der Waals surface area contributed by atoms with Crippen LogP contribution in [0.3, 0.4) is 0 Å². The quantitative estimate of drug-likeness (QED) is 0.740. The minimum atomic E-state index is -3.31. The second kappa shape index (κ2) is 9.38. The lowest BCUT2D eigenvalue weighted by atomic mass is 10.0. The fraction of sp³-hybridized carbons (Fsp3) is 0.435. The van der Waals surface area contributed by atoms with Crippen LogP contribution in [0.2, 0.25) is 0 Å². The number of ether oxygens (including phenoxy) is 1. The summed E-state index contributed by atoms with van der Waals surface area (Å²) < 4.78 is 30.8. The third-order valence-electron chi connectivity index (χ3n) is 5.80. The third kappa shape index (κ3) is 5.44. The van der Waals surface area contributed by atoms with E-state index in [9.17, 15) is 13.2 Å². The minimum Gasteiger partial charge on any atom is -0.379 e. The second-order valence-electron chi connectivity index (χ2n) is 8.17. The van der Waals surface area contributed by atoms with Crippen molar-refractivity contribution in [3.63, 3.8) is 0 Å². The van der Waals surface area contributed by atoms with E-state index in [1.165, 1.54) is 16.1 Å². The molecule has 0 spiro atoms. The highest BCUT2D eigenvalue weighted by atomic mass is 32.2. The Morgan fingerprint density at radius 3 is 2.45 bits per heavy atom. The predicted octanol–water partition coefficient (Wildman–Crippen LogP) is 2.16. The molecule has 0 radical (unpaired) electrons. The van der Waals surface area contributed by atoms with E-state index in [2.05, 4.69) is 22.3 Å². The first kappa shape index (κ1) is 21.8. The Kier molecular flexibility index (Phi) is 6.60. The van der Waals surface area contributed by atoms with Gasteiger partial charge in [0.2, 0.25) is 10.0 Å². The molecule has 2 aliphatic heterocycles. The molecule has 0 aliphatic carbocycles. The number of fused-ring (bicyclic) bond motifs is 1. The van der Waals surface area contributed by atoms with E-state index in [0.717, 1.165) is 56.8 Å². The highest BCUT2D eigenvalue weighted by Crippen LogP contribution is 2.29. The Labute approximate surface area is 184 Å². The van der Waals surface area contributed by atoms with E-state index < -0.39 is 10.0 Å². The molecule has 0 unspecified atom stereocenters. The first-order valence-corrected chi connectivity index (χ1v) is 12.5. The molecule has 2 aromatic rings. The molecular weight excluding hydrogens is 414 g/mol. The number of hydrogen-bond donors (Lipinski definition) is 1. The summed E-state index contributed by atoms with van der Waals surface area (Å²) in [4.78, 5) is 15.0. The van der Waals surface area contributed by atoms with Gasteiger partial charge in [0.1, 0.15) is 0 Å². The van der Waals surface area contributed by atoms with Gasteiger partial charge < -0.3 is 10.1 Å². The fourth-order valence-corrected chi connectivity index (χ4v) is 5.11. The first-order chi connectivity index (χ1) is 14.9. The van der Waals surface area contributed by atoms with Crippen LogP contribution in [0, 0.1) is 0 Å². The van der Waals surface area contributed by atoms with E-state index in [1.807, 2.05) is 18.2 Å². The Morgan fingerprint density at radius 1 is 1.03 bits per heavy atom. The number of benzene rings is 2. The zero-order chi connectivity index (χ0) is 21.8. The first-order valence-electron chi connectivity index (χ1n) is 10.7. The number of nitrogens with one attached hydrogen (secondary N) is 1. The van der Waals surface area contributed by atoms with Crippen molar-refractivity contribution in [2.45, 2.75) is 25.9 Å². The van der Waals surface area contributed by atoms with E-state index in [0.29, 0.717) is 24.3 Å². The molecule has 4 rings (SSSR count). The Hall–Kier alpha value is -2.42. The molecule has 1 fully saturated rings. The Balaban J connectivity index is 1.35. The Bertz CT molecular complexity index is 1030. The Morgan fingerprint density at radius 2 is 1.74 bits per heavy atom. The van der Waals surface area contributed by atoms with Crippen molar-refractivity contribution in [1.82, 2.24) is 10.2 Å². The zero-order valence-corrected chi connectivity index (χ0v) is 18.7. The van der Waals surface area contributed by atoms with E-state index in [1.54, 1.807) is 12.1 Å². The highest BCUT2D eigenvalue weighted by molar-refractivity contribution is 7.92. The predicted molar refractivity (Wildman–Crippen MR) is 121 cm³/mol. The molecule has 0 aromatic heterocycles. The van der Waals surface area contributed by atoms with Crippen LogP contribution in [0.25, 0.3) is 0 Å². The molecule has 0 bridgehead atoms. The molecule has 166 valence electrons. The summed E-state index contributed by atoms with van der Waals surface area (Å²) >= 11 is 0. The van der Waals surface area contributed by atoms with Gasteiger partial charge in [-0.15, -0.1) is 0 Å². The molecule has 2 aliphatic rings. The molecule has 0 atom stereocenters. The molecule has 7 nitrogen and oxygen atoms in total. The zero-order valence-electron chi connectivity index (χ0n) is 17.8. The lowest BCUT2D eigenvalue weighted by Gasteiger charge is -2.29. The van der Waals surface area contributed by atoms with E-state index >= 15 is 0 Å². The van der Waals surface area contributed by atoms with Gasteiger partial charge in [-0.2, -0.15) is 0 Å². The van der Waals surface area contributed by atoms with Crippen molar-refractivity contribution in [3.8, 4) is 0 Å². The number of anilines is 1. The van der Waals surface area contributed by atoms with Crippen molar-refractivity contribution in [2.24, 2.45) is 0 Å². The van der Waals surface area contributed by atoms with Crippen molar-refractivity contribution >= 4 is 21.6 Å². The van der Waals surface area contributed by atoms with Gasteiger partial charge in [-0.25, -0.2) is 8.42 Å². The number of sulfonamides is 1. The number of amides is 1. The maximum Gasteiger partial charge on any atom is 0.251 e. The van der Waals surface area contributed by atoms with Gasteiger partial charge in [-0.3, -0.25) is 14.0 Å². The monoisotopic (exact) mass is 443 g/mol. The lowest BCUT2D eigenvalue weighted by Crippen LogP contribution is -2.35. The summed E-state index contributed by atoms with van der Waals surface area (Å²) in [5.41, 5.74) is 4.43. The van der Waals surface area contributed by atoms with E-state index in [4.69, 9.17) is 4.74 Å². The topological polar surface area (TPSA) is 79.0 Å². The van der Waals surface area contributed by atoms with Gasteiger partial charge >= 0.3 is 0 Å². The standard InChI is InChI=1S/C23H29N3O4S/c1-31(28,29)26-10-2-3-20-15-21(8-9-22(20)26)23(27)24-16-18-4-6-19(7-5-18)17-25-11-13-30-14-12-25/h4-9,15H,2-3,10-14,16-17H2,1H3,(H,24,27). The van der Waals surface area contributed by atoms with Crippen LogP contribution in [0.1, 0.15) is 33.5 Å². The maximum atomic E-state index is 12.7. The van der Waals surface area contributed by atoms with Crippen LogP contribution in [-0.4, -0.2) is 58.3 Å². The smallest absolute Gasteiger partial charge is 0.251 e. The number of rotatable bonds is 6. The number of hydrogen-bond acceptors (Lipinski definition) is 5. The van der Waals surface area contributed by atoms with Gasteiger partial charge in [0.15, 0.2) is 0 Å². The number of carbonyl (C=O) groups excluding carboxylic acids is 1. The lowest BCUT2D eigenvalue weighted by molar-refractivity contribution is 0.0342. The summed E-state index contributed by atoms with van der Waals surface area (Å²) in [6.45, 7) is 5.34.